The van der Waals surface area contributed by atoms with E-state index in [-0.39, 0.29) is 34.5 Å². The monoisotopic (exact) mass is 693 g/mol. The van der Waals surface area contributed by atoms with Crippen LogP contribution in [0.25, 0.3) is 65.4 Å². The number of aromatic amines is 3. The summed E-state index contributed by atoms with van der Waals surface area (Å²) in [5.41, 5.74) is 3.18. The van der Waals surface area contributed by atoms with Crippen LogP contribution in [0.5, 0.6) is 34.5 Å². The van der Waals surface area contributed by atoms with Gasteiger partial charge in [0.05, 0.1) is 33.1 Å². The molecule has 0 saturated carbocycles. The van der Waals surface area contributed by atoms with Gasteiger partial charge < -0.3 is 43.4 Å². The predicted molar refractivity (Wildman–Crippen MR) is 182 cm³/mol. The number of nitrogens with one attached hydrogen (secondary N) is 3. The van der Waals surface area contributed by atoms with Gasteiger partial charge in [-0.05, 0) is 18.2 Å². The summed E-state index contributed by atoms with van der Waals surface area (Å²) in [6, 6.07) is 9.30. The van der Waals surface area contributed by atoms with Crippen molar-refractivity contribution in [1.82, 2.24) is 15.0 Å². The second-order valence-electron chi connectivity index (χ2n) is 11.7. The number of fused-ring (bicyclic) bond motifs is 12. The van der Waals surface area contributed by atoms with Gasteiger partial charge in [0, 0.05) is 92.1 Å². The van der Waals surface area contributed by atoms with E-state index in [0.717, 1.165) is 0 Å². The van der Waals surface area contributed by atoms with E-state index in [2.05, 4.69) is 15.0 Å². The Hall–Kier alpha value is -6.90. The van der Waals surface area contributed by atoms with Crippen LogP contribution >= 0.6 is 0 Å². The summed E-state index contributed by atoms with van der Waals surface area (Å²) in [6.07, 6.45) is 0. The molecule has 0 bridgehead atoms. The zero-order valence-electron chi connectivity index (χ0n) is 27.9. The van der Waals surface area contributed by atoms with Gasteiger partial charge in [0.1, 0.15) is 0 Å². The third-order valence-electron chi connectivity index (χ3n) is 7.86. The number of hydrogen-bond acceptors (Lipinski definition) is 12. The molecular weight excluding hydrogens is 666 g/mol. The average molecular weight is 694 g/mol. The van der Waals surface area contributed by atoms with Gasteiger partial charge in [-0.3, -0.25) is 28.8 Å². The Bertz CT molecular complexity index is 2400. The van der Waals surface area contributed by atoms with Crippen molar-refractivity contribution < 1.29 is 57.2 Å². The van der Waals surface area contributed by atoms with Crippen LogP contribution in [-0.4, -0.2) is 50.8 Å². The molecule has 15 nitrogen and oxygen atoms in total. The minimum absolute atomic E-state index is 0.0000295. The fourth-order valence-corrected chi connectivity index (χ4v) is 6.36. The SMILES string of the molecule is CC(=O)Oc1cc2[nH]c3c(c2cc1OC(C)=O)c1[nH]c2cc(OC(C)=O)c(OC(C)=O)cc2c1c1[nH]c2cc(OC(C)=O)c(OC(C)=O)cc2c31. The Morgan fingerprint density at radius 2 is 0.549 bits per heavy atom. The second kappa shape index (κ2) is 11.9. The van der Waals surface area contributed by atoms with Crippen LogP contribution < -0.4 is 28.4 Å². The summed E-state index contributed by atoms with van der Waals surface area (Å²) in [6.45, 7) is 7.30. The maximum absolute atomic E-state index is 12.1. The highest BCUT2D eigenvalue weighted by atomic mass is 16.6. The zero-order valence-corrected chi connectivity index (χ0v) is 27.9. The third kappa shape index (κ3) is 5.69. The number of rotatable bonds is 6. The van der Waals surface area contributed by atoms with Crippen molar-refractivity contribution in [3.63, 3.8) is 0 Å². The molecule has 3 heterocycles. The first-order valence-electron chi connectivity index (χ1n) is 15.4. The predicted octanol–water partition coefficient (Wildman–Crippen LogP) is 6.14. The van der Waals surface area contributed by atoms with Crippen LogP contribution in [0, 0.1) is 0 Å². The Balaban J connectivity index is 1.70. The quantitative estimate of drug-likeness (QED) is 0.133. The summed E-state index contributed by atoms with van der Waals surface area (Å²) in [4.78, 5) is 82.5. The average Bonchev–Trinajstić information content (AvgIpc) is 3.66. The maximum Gasteiger partial charge on any atom is 0.308 e. The normalized spacial score (nSPS) is 11.4. The largest absolute Gasteiger partial charge is 0.423 e. The van der Waals surface area contributed by atoms with Gasteiger partial charge in [0.15, 0.2) is 34.5 Å². The standard InChI is InChI=1S/C36H27N3O12/c1-13(40)46-25-7-19-22(10-28(25)49-16(4)43)37-34-31(19)35-33(20-8-26(47-14(2)41)29(50-17(5)44)11-23(20)38-35)36-32(34)21-9-27(48-15(3)42)30(51-18(6)45)12-24(21)39-36/h7-12,37-39H,1-6H3. The van der Waals surface area contributed by atoms with Crippen LogP contribution in [0.4, 0.5) is 0 Å². The van der Waals surface area contributed by atoms with E-state index < -0.39 is 35.8 Å². The molecule has 0 unspecified atom stereocenters. The van der Waals surface area contributed by atoms with Crippen LogP contribution in [0.2, 0.25) is 0 Å². The lowest BCUT2D eigenvalue weighted by Crippen LogP contribution is -2.07. The second-order valence-corrected chi connectivity index (χ2v) is 11.7. The van der Waals surface area contributed by atoms with Crippen molar-refractivity contribution in [1.29, 1.82) is 0 Å². The van der Waals surface area contributed by atoms with Gasteiger partial charge in [0.25, 0.3) is 0 Å². The first kappa shape index (κ1) is 32.6. The Morgan fingerprint density at radius 1 is 0.353 bits per heavy atom. The Kier molecular flexibility index (Phi) is 7.62. The van der Waals surface area contributed by atoms with E-state index in [1.165, 1.54) is 59.7 Å². The summed E-state index contributed by atoms with van der Waals surface area (Å²) in [5, 5.41) is 3.49. The molecule has 0 atom stereocenters. The maximum atomic E-state index is 12.1. The van der Waals surface area contributed by atoms with E-state index in [1.54, 1.807) is 18.2 Å². The van der Waals surface area contributed by atoms with Crippen molar-refractivity contribution in [2.24, 2.45) is 0 Å². The number of carbonyl (C=O) groups is 6. The first-order valence-corrected chi connectivity index (χ1v) is 15.4. The molecule has 15 heteroatoms. The van der Waals surface area contributed by atoms with Crippen LogP contribution in [0.3, 0.4) is 0 Å². The summed E-state index contributed by atoms with van der Waals surface area (Å²) in [5.74, 6) is -3.86. The Morgan fingerprint density at radius 3 is 0.745 bits per heavy atom. The van der Waals surface area contributed by atoms with Crippen LogP contribution in [-0.2, 0) is 28.8 Å². The van der Waals surface area contributed by atoms with Crippen molar-refractivity contribution in [2.45, 2.75) is 41.5 Å². The number of hydrogen-bond donors (Lipinski definition) is 3. The minimum Gasteiger partial charge on any atom is -0.423 e. The van der Waals surface area contributed by atoms with Crippen molar-refractivity contribution in [3.05, 3.63) is 36.4 Å². The van der Waals surface area contributed by atoms with Gasteiger partial charge in [-0.15, -0.1) is 0 Å². The van der Waals surface area contributed by atoms with Crippen LogP contribution in [0.1, 0.15) is 41.5 Å². The molecule has 51 heavy (non-hydrogen) atoms. The smallest absolute Gasteiger partial charge is 0.308 e. The molecule has 0 aliphatic rings. The van der Waals surface area contributed by atoms with E-state index in [4.69, 9.17) is 28.4 Å². The van der Waals surface area contributed by atoms with Gasteiger partial charge in [0.2, 0.25) is 0 Å². The fraction of sp³-hybridized carbons (Fsp3) is 0.167. The van der Waals surface area contributed by atoms with Crippen molar-refractivity contribution in [3.8, 4) is 34.5 Å². The summed E-state index contributed by atoms with van der Waals surface area (Å²) < 4.78 is 32.5. The molecular formula is C36H27N3O12. The van der Waals surface area contributed by atoms with Gasteiger partial charge in [-0.25, -0.2) is 0 Å². The number of carbonyl (C=O) groups excluding carboxylic acids is 6. The van der Waals surface area contributed by atoms with E-state index in [1.807, 2.05) is 0 Å². The highest BCUT2D eigenvalue weighted by Gasteiger charge is 2.26. The first-order chi connectivity index (χ1) is 24.2. The lowest BCUT2D eigenvalue weighted by atomic mass is 10.0. The molecule has 3 aromatic heterocycles. The molecule has 0 spiro atoms. The number of ether oxygens (including phenoxy) is 6. The van der Waals surface area contributed by atoms with E-state index in [0.29, 0.717) is 65.4 Å². The highest BCUT2D eigenvalue weighted by Crippen LogP contribution is 2.48. The summed E-state index contributed by atoms with van der Waals surface area (Å²) >= 11 is 0. The molecule has 0 aliphatic heterocycles. The highest BCUT2D eigenvalue weighted by molar-refractivity contribution is 6.39. The van der Waals surface area contributed by atoms with Gasteiger partial charge >= 0.3 is 35.8 Å². The number of esters is 6. The molecule has 7 rings (SSSR count). The lowest BCUT2D eigenvalue weighted by Gasteiger charge is -2.09. The van der Waals surface area contributed by atoms with Crippen molar-refractivity contribution in [2.75, 3.05) is 0 Å². The van der Waals surface area contributed by atoms with E-state index in [9.17, 15) is 28.8 Å². The Labute approximate surface area is 285 Å². The fourth-order valence-electron chi connectivity index (χ4n) is 6.36. The molecule has 0 fully saturated rings. The number of benzene rings is 4. The van der Waals surface area contributed by atoms with Crippen LogP contribution in [0.15, 0.2) is 36.4 Å². The molecule has 4 aromatic carbocycles. The van der Waals surface area contributed by atoms with Crippen molar-refractivity contribution >= 4 is 101 Å². The molecule has 0 aliphatic carbocycles. The lowest BCUT2D eigenvalue weighted by molar-refractivity contribution is -0.134. The minimum atomic E-state index is -0.644. The zero-order chi connectivity index (χ0) is 36.5. The number of H-pyrrole nitrogens is 3. The van der Waals surface area contributed by atoms with Gasteiger partial charge in [-0.1, -0.05) is 0 Å². The molecule has 0 amide bonds. The molecule has 0 radical (unpaired) electrons. The van der Waals surface area contributed by atoms with Gasteiger partial charge in [-0.2, -0.15) is 0 Å². The molecule has 258 valence electrons. The summed E-state index contributed by atoms with van der Waals surface area (Å²) in [7, 11) is 0. The number of aromatic nitrogens is 3. The molecule has 7 aromatic rings. The molecule has 0 saturated heterocycles. The molecule has 3 N–H and O–H groups in total. The topological polar surface area (TPSA) is 205 Å². The van der Waals surface area contributed by atoms with E-state index >= 15 is 0 Å². The third-order valence-corrected chi connectivity index (χ3v) is 7.86.